The van der Waals surface area contributed by atoms with Gasteiger partial charge in [0, 0.05) is 12.2 Å². The molecule has 0 aliphatic heterocycles. The predicted octanol–water partition coefficient (Wildman–Crippen LogP) is 2.55. The van der Waals surface area contributed by atoms with Gasteiger partial charge in [-0.15, -0.1) is 0 Å². The molecule has 0 heterocycles. The van der Waals surface area contributed by atoms with Crippen molar-refractivity contribution in [1.82, 2.24) is 0 Å². The van der Waals surface area contributed by atoms with Crippen LogP contribution in [0.1, 0.15) is 31.9 Å². The summed E-state index contributed by atoms with van der Waals surface area (Å²) in [4.78, 5) is 0. The fourth-order valence-electron chi connectivity index (χ4n) is 1.41. The van der Waals surface area contributed by atoms with Crippen molar-refractivity contribution in [3.8, 4) is 5.75 Å². The summed E-state index contributed by atoms with van der Waals surface area (Å²) in [5.41, 5.74) is 0.818. The Morgan fingerprint density at radius 2 is 1.94 bits per heavy atom. The zero-order valence-corrected chi connectivity index (χ0v) is 9.98. The number of hydrogen-bond donors (Lipinski definition) is 1. The van der Waals surface area contributed by atoms with Crippen molar-refractivity contribution in [2.24, 2.45) is 0 Å². The third kappa shape index (κ3) is 4.21. The molecule has 0 spiro atoms. The molecule has 0 bridgehead atoms. The Kier molecular flexibility index (Phi) is 5.90. The second-order valence-electron chi connectivity index (χ2n) is 3.67. The van der Waals surface area contributed by atoms with Gasteiger partial charge in [0.1, 0.15) is 12.4 Å². The van der Waals surface area contributed by atoms with Crippen LogP contribution in [-0.2, 0) is 4.74 Å². The van der Waals surface area contributed by atoms with Crippen molar-refractivity contribution in [1.29, 1.82) is 0 Å². The van der Waals surface area contributed by atoms with Gasteiger partial charge in [0.25, 0.3) is 0 Å². The van der Waals surface area contributed by atoms with Crippen molar-refractivity contribution < 1.29 is 14.6 Å². The van der Waals surface area contributed by atoms with Gasteiger partial charge < -0.3 is 14.6 Å². The monoisotopic (exact) mass is 224 g/mol. The first-order chi connectivity index (χ1) is 7.75. The number of aliphatic hydroxyl groups is 1. The average molecular weight is 224 g/mol. The van der Waals surface area contributed by atoms with Gasteiger partial charge in [-0.25, -0.2) is 0 Å². The molecule has 0 fully saturated rings. The molecule has 1 N–H and O–H groups in total. The Hall–Kier alpha value is -1.06. The normalized spacial score (nSPS) is 12.4. The predicted molar refractivity (Wildman–Crippen MR) is 63.7 cm³/mol. The number of benzene rings is 1. The summed E-state index contributed by atoms with van der Waals surface area (Å²) < 4.78 is 10.9. The number of aliphatic hydroxyl groups excluding tert-OH is 1. The van der Waals surface area contributed by atoms with Crippen LogP contribution in [0.15, 0.2) is 24.3 Å². The molecule has 1 rings (SSSR count). The molecule has 0 radical (unpaired) electrons. The molecular weight excluding hydrogens is 204 g/mol. The maximum atomic E-state index is 9.53. The van der Waals surface area contributed by atoms with Crippen LogP contribution in [0.4, 0.5) is 0 Å². The SMILES string of the molecule is CCCOCCOc1ccccc1[C@@H](C)O. The van der Waals surface area contributed by atoms with Gasteiger partial charge in [0.05, 0.1) is 12.7 Å². The standard InChI is InChI=1S/C13H20O3/c1-3-8-15-9-10-16-13-7-5-4-6-12(13)11(2)14/h4-7,11,14H,3,8-10H2,1-2H3/t11-/m1/s1. The van der Waals surface area contributed by atoms with E-state index in [0.29, 0.717) is 13.2 Å². The lowest BCUT2D eigenvalue weighted by atomic mass is 10.1. The zero-order chi connectivity index (χ0) is 11.8. The molecule has 3 nitrogen and oxygen atoms in total. The molecule has 0 unspecified atom stereocenters. The highest BCUT2D eigenvalue weighted by Crippen LogP contribution is 2.24. The van der Waals surface area contributed by atoms with E-state index in [0.717, 1.165) is 24.3 Å². The van der Waals surface area contributed by atoms with Crippen LogP contribution in [0.25, 0.3) is 0 Å². The molecule has 16 heavy (non-hydrogen) atoms. The van der Waals surface area contributed by atoms with Crippen LogP contribution in [0.2, 0.25) is 0 Å². The summed E-state index contributed by atoms with van der Waals surface area (Å²) >= 11 is 0. The molecule has 0 saturated heterocycles. The van der Waals surface area contributed by atoms with Gasteiger partial charge in [0.2, 0.25) is 0 Å². The third-order valence-corrected chi connectivity index (χ3v) is 2.20. The van der Waals surface area contributed by atoms with Gasteiger partial charge in [-0.3, -0.25) is 0 Å². The van der Waals surface area contributed by atoms with Gasteiger partial charge in [-0.05, 0) is 19.4 Å². The molecule has 1 aromatic rings. The summed E-state index contributed by atoms with van der Waals surface area (Å²) in [7, 11) is 0. The highest BCUT2D eigenvalue weighted by Gasteiger charge is 2.07. The molecule has 0 aliphatic rings. The zero-order valence-electron chi connectivity index (χ0n) is 9.98. The van der Waals surface area contributed by atoms with Crippen molar-refractivity contribution in [2.75, 3.05) is 19.8 Å². The van der Waals surface area contributed by atoms with Crippen LogP contribution in [0.5, 0.6) is 5.75 Å². The molecule has 1 atom stereocenters. The first-order valence-corrected chi connectivity index (χ1v) is 5.73. The maximum Gasteiger partial charge on any atom is 0.125 e. The lowest BCUT2D eigenvalue weighted by Gasteiger charge is -2.13. The van der Waals surface area contributed by atoms with Crippen molar-refractivity contribution in [2.45, 2.75) is 26.4 Å². The summed E-state index contributed by atoms with van der Waals surface area (Å²) in [6, 6.07) is 7.52. The van der Waals surface area contributed by atoms with Crippen LogP contribution < -0.4 is 4.74 Å². The second-order valence-corrected chi connectivity index (χ2v) is 3.67. The molecule has 3 heteroatoms. The lowest BCUT2D eigenvalue weighted by molar-refractivity contribution is 0.0986. The fraction of sp³-hybridized carbons (Fsp3) is 0.538. The topological polar surface area (TPSA) is 38.7 Å². The van der Waals surface area contributed by atoms with Gasteiger partial charge in [-0.2, -0.15) is 0 Å². The smallest absolute Gasteiger partial charge is 0.125 e. The Bertz CT molecular complexity index is 297. The van der Waals surface area contributed by atoms with Crippen LogP contribution in [0, 0.1) is 0 Å². The number of ether oxygens (including phenoxy) is 2. The number of para-hydroxylation sites is 1. The van der Waals surface area contributed by atoms with Gasteiger partial charge in [0.15, 0.2) is 0 Å². The minimum absolute atomic E-state index is 0.507. The van der Waals surface area contributed by atoms with E-state index in [1.165, 1.54) is 0 Å². The summed E-state index contributed by atoms with van der Waals surface area (Å²) in [6.07, 6.45) is 0.511. The molecule has 1 aromatic carbocycles. The van der Waals surface area contributed by atoms with E-state index in [9.17, 15) is 5.11 Å². The molecule has 0 aromatic heterocycles. The Morgan fingerprint density at radius 3 is 2.62 bits per heavy atom. The van der Waals surface area contributed by atoms with Crippen molar-refractivity contribution in [3.05, 3.63) is 29.8 Å². The van der Waals surface area contributed by atoms with Gasteiger partial charge in [-0.1, -0.05) is 25.1 Å². The van der Waals surface area contributed by atoms with E-state index in [2.05, 4.69) is 6.92 Å². The van der Waals surface area contributed by atoms with Gasteiger partial charge >= 0.3 is 0 Å². The Balaban J connectivity index is 2.41. The molecular formula is C13H20O3. The molecule has 0 saturated carbocycles. The molecule has 0 aliphatic carbocycles. The second kappa shape index (κ2) is 7.25. The average Bonchev–Trinajstić information content (AvgIpc) is 2.29. The highest BCUT2D eigenvalue weighted by molar-refractivity contribution is 5.34. The van der Waals surface area contributed by atoms with Crippen LogP contribution >= 0.6 is 0 Å². The quantitative estimate of drug-likeness (QED) is 0.723. The minimum Gasteiger partial charge on any atom is -0.491 e. The largest absolute Gasteiger partial charge is 0.491 e. The van der Waals surface area contributed by atoms with E-state index < -0.39 is 6.10 Å². The third-order valence-electron chi connectivity index (χ3n) is 2.20. The van der Waals surface area contributed by atoms with E-state index >= 15 is 0 Å². The maximum absolute atomic E-state index is 9.53. The van der Waals surface area contributed by atoms with E-state index in [-0.39, 0.29) is 0 Å². The van der Waals surface area contributed by atoms with Crippen LogP contribution in [-0.4, -0.2) is 24.9 Å². The minimum atomic E-state index is -0.507. The Labute approximate surface area is 97.0 Å². The highest BCUT2D eigenvalue weighted by atomic mass is 16.5. The number of rotatable bonds is 7. The molecule has 0 amide bonds. The summed E-state index contributed by atoms with van der Waals surface area (Å²) in [6.45, 7) is 5.67. The van der Waals surface area contributed by atoms with Crippen LogP contribution in [0.3, 0.4) is 0 Å². The van der Waals surface area contributed by atoms with E-state index in [4.69, 9.17) is 9.47 Å². The first kappa shape index (κ1) is 13.0. The van der Waals surface area contributed by atoms with Crippen molar-refractivity contribution >= 4 is 0 Å². The summed E-state index contributed by atoms with van der Waals surface area (Å²) in [5, 5.41) is 9.53. The number of hydrogen-bond acceptors (Lipinski definition) is 3. The summed E-state index contributed by atoms with van der Waals surface area (Å²) in [5.74, 6) is 0.734. The van der Waals surface area contributed by atoms with E-state index in [1.54, 1.807) is 6.92 Å². The first-order valence-electron chi connectivity index (χ1n) is 5.73. The fourth-order valence-corrected chi connectivity index (χ4v) is 1.41. The lowest BCUT2D eigenvalue weighted by Crippen LogP contribution is -2.08. The Morgan fingerprint density at radius 1 is 1.19 bits per heavy atom. The van der Waals surface area contributed by atoms with E-state index in [1.807, 2.05) is 24.3 Å². The van der Waals surface area contributed by atoms with Crippen molar-refractivity contribution in [3.63, 3.8) is 0 Å². The molecule has 90 valence electrons.